The molecule has 0 radical (unpaired) electrons. The van der Waals surface area contributed by atoms with Crippen LogP contribution in [-0.2, 0) is 11.2 Å². The second-order valence-electron chi connectivity index (χ2n) is 6.57. The van der Waals surface area contributed by atoms with Gasteiger partial charge < -0.3 is 10.3 Å². The van der Waals surface area contributed by atoms with Gasteiger partial charge in [0.05, 0.1) is 0 Å². The van der Waals surface area contributed by atoms with Crippen LogP contribution in [0.1, 0.15) is 48.6 Å². The Balaban J connectivity index is 1.83. The number of anilines is 1. The van der Waals surface area contributed by atoms with Gasteiger partial charge in [0.15, 0.2) is 5.16 Å². The summed E-state index contributed by atoms with van der Waals surface area (Å²) in [6.07, 6.45) is 2.93. The molecule has 1 aromatic carbocycles. The van der Waals surface area contributed by atoms with Crippen molar-refractivity contribution in [3.8, 4) is 0 Å². The summed E-state index contributed by atoms with van der Waals surface area (Å²) in [6.45, 7) is 8.13. The van der Waals surface area contributed by atoms with Crippen molar-refractivity contribution in [2.24, 2.45) is 0 Å². The fourth-order valence-corrected chi connectivity index (χ4v) is 3.75. The molecule has 2 N–H and O–H groups in total. The standard InChI is InChI=1S/C20H27N3O2S/c1-5-7-16-12-18(25)23-20(21-16)26-9-6-8-17(24)22-19-14(3)10-13(2)11-15(19)4/h10-12H,5-9H2,1-4H3,(H,22,24)(H,21,23,25). The Hall–Kier alpha value is -2.08. The van der Waals surface area contributed by atoms with E-state index in [-0.39, 0.29) is 11.5 Å². The van der Waals surface area contributed by atoms with Crippen LogP contribution in [0.5, 0.6) is 0 Å². The second-order valence-corrected chi connectivity index (χ2v) is 7.65. The third-order valence-electron chi connectivity index (χ3n) is 4.01. The lowest BCUT2D eigenvalue weighted by molar-refractivity contribution is -0.116. The van der Waals surface area contributed by atoms with Crippen LogP contribution in [0.2, 0.25) is 0 Å². The number of H-pyrrole nitrogens is 1. The van der Waals surface area contributed by atoms with E-state index in [1.54, 1.807) is 6.07 Å². The van der Waals surface area contributed by atoms with E-state index in [1.165, 1.54) is 17.3 Å². The zero-order valence-electron chi connectivity index (χ0n) is 15.9. The van der Waals surface area contributed by atoms with E-state index < -0.39 is 0 Å². The minimum Gasteiger partial charge on any atom is -0.326 e. The van der Waals surface area contributed by atoms with Crippen molar-refractivity contribution in [3.05, 3.63) is 50.9 Å². The molecule has 0 fully saturated rings. The Morgan fingerprint density at radius 1 is 1.19 bits per heavy atom. The number of carbonyl (C=O) groups excluding carboxylic acids is 1. The van der Waals surface area contributed by atoms with Crippen molar-refractivity contribution in [3.63, 3.8) is 0 Å². The largest absolute Gasteiger partial charge is 0.326 e. The topological polar surface area (TPSA) is 74.8 Å². The maximum absolute atomic E-state index is 12.2. The van der Waals surface area contributed by atoms with Crippen molar-refractivity contribution < 1.29 is 4.79 Å². The number of aryl methyl sites for hydroxylation is 4. The van der Waals surface area contributed by atoms with Crippen molar-refractivity contribution in [2.75, 3.05) is 11.1 Å². The van der Waals surface area contributed by atoms with Crippen LogP contribution in [-0.4, -0.2) is 21.6 Å². The molecule has 5 nitrogen and oxygen atoms in total. The maximum atomic E-state index is 12.2. The Morgan fingerprint density at radius 3 is 2.54 bits per heavy atom. The summed E-state index contributed by atoms with van der Waals surface area (Å²) in [7, 11) is 0. The van der Waals surface area contributed by atoms with Gasteiger partial charge in [0, 0.05) is 29.6 Å². The minimum absolute atomic E-state index is 0.0156. The zero-order valence-corrected chi connectivity index (χ0v) is 16.8. The lowest BCUT2D eigenvalue weighted by Gasteiger charge is -2.12. The second kappa shape index (κ2) is 9.57. The molecule has 0 saturated heterocycles. The van der Waals surface area contributed by atoms with Gasteiger partial charge in [0.2, 0.25) is 5.91 Å². The molecule has 0 aliphatic heterocycles. The van der Waals surface area contributed by atoms with E-state index in [0.29, 0.717) is 11.6 Å². The molecular weight excluding hydrogens is 346 g/mol. The van der Waals surface area contributed by atoms with Crippen LogP contribution in [0, 0.1) is 20.8 Å². The highest BCUT2D eigenvalue weighted by molar-refractivity contribution is 7.99. The Bertz CT molecular complexity index is 807. The van der Waals surface area contributed by atoms with E-state index in [1.807, 2.05) is 13.8 Å². The molecule has 6 heteroatoms. The van der Waals surface area contributed by atoms with Gasteiger partial charge in [-0.2, -0.15) is 0 Å². The summed E-state index contributed by atoms with van der Waals surface area (Å²) < 4.78 is 0. The van der Waals surface area contributed by atoms with Crippen LogP contribution < -0.4 is 10.9 Å². The first-order valence-corrected chi connectivity index (χ1v) is 9.98. The number of aromatic nitrogens is 2. The molecule has 26 heavy (non-hydrogen) atoms. The Morgan fingerprint density at radius 2 is 1.88 bits per heavy atom. The molecule has 0 bridgehead atoms. The number of benzene rings is 1. The summed E-state index contributed by atoms with van der Waals surface area (Å²) in [4.78, 5) is 31.1. The average Bonchev–Trinajstić information content (AvgIpc) is 2.55. The fraction of sp³-hybridized carbons (Fsp3) is 0.450. The lowest BCUT2D eigenvalue weighted by atomic mass is 10.0. The van der Waals surface area contributed by atoms with Crippen LogP contribution in [0.3, 0.4) is 0 Å². The zero-order chi connectivity index (χ0) is 19.1. The first kappa shape index (κ1) is 20.2. The summed E-state index contributed by atoms with van der Waals surface area (Å²) >= 11 is 1.48. The summed E-state index contributed by atoms with van der Waals surface area (Å²) in [5, 5.41) is 3.65. The molecule has 0 aliphatic carbocycles. The summed E-state index contributed by atoms with van der Waals surface area (Å²) in [5.74, 6) is 0.750. The van der Waals surface area contributed by atoms with E-state index in [4.69, 9.17) is 0 Å². The highest BCUT2D eigenvalue weighted by Crippen LogP contribution is 2.22. The van der Waals surface area contributed by atoms with Crippen LogP contribution >= 0.6 is 11.8 Å². The first-order chi connectivity index (χ1) is 12.4. The molecule has 1 aromatic heterocycles. The van der Waals surface area contributed by atoms with Crippen molar-refractivity contribution >= 4 is 23.4 Å². The molecular formula is C20H27N3O2S. The molecule has 1 amide bonds. The van der Waals surface area contributed by atoms with Crippen LogP contribution in [0.4, 0.5) is 5.69 Å². The molecule has 140 valence electrons. The number of hydrogen-bond acceptors (Lipinski definition) is 4. The van der Waals surface area contributed by atoms with Gasteiger partial charge in [-0.3, -0.25) is 9.59 Å². The summed E-state index contributed by atoms with van der Waals surface area (Å²) in [5.41, 5.74) is 4.98. The lowest BCUT2D eigenvalue weighted by Crippen LogP contribution is -2.14. The monoisotopic (exact) mass is 373 g/mol. The summed E-state index contributed by atoms with van der Waals surface area (Å²) in [6, 6.07) is 5.70. The van der Waals surface area contributed by atoms with Crippen molar-refractivity contribution in [1.82, 2.24) is 9.97 Å². The minimum atomic E-state index is -0.117. The van der Waals surface area contributed by atoms with Gasteiger partial charge in [0.25, 0.3) is 5.56 Å². The number of rotatable bonds is 8. The van der Waals surface area contributed by atoms with Gasteiger partial charge in [-0.05, 0) is 44.7 Å². The quantitative estimate of drug-likeness (QED) is 0.414. The number of nitrogens with one attached hydrogen (secondary N) is 2. The predicted octanol–water partition coefficient (Wildman–Crippen LogP) is 4.16. The Labute approximate surface area is 159 Å². The highest BCUT2D eigenvalue weighted by Gasteiger charge is 2.09. The van der Waals surface area contributed by atoms with E-state index >= 15 is 0 Å². The van der Waals surface area contributed by atoms with Gasteiger partial charge in [-0.1, -0.05) is 42.8 Å². The SMILES string of the molecule is CCCc1cc(=O)[nH]c(SCCCC(=O)Nc2c(C)cc(C)cc2C)n1. The van der Waals surface area contributed by atoms with E-state index in [2.05, 4.69) is 41.3 Å². The number of nitrogens with zero attached hydrogens (tertiary/aromatic N) is 1. The average molecular weight is 374 g/mol. The number of amides is 1. The first-order valence-electron chi connectivity index (χ1n) is 8.99. The van der Waals surface area contributed by atoms with Crippen molar-refractivity contribution in [2.45, 2.75) is 58.5 Å². The van der Waals surface area contributed by atoms with Gasteiger partial charge in [-0.25, -0.2) is 4.98 Å². The number of thioether (sulfide) groups is 1. The van der Waals surface area contributed by atoms with Gasteiger partial charge in [-0.15, -0.1) is 0 Å². The number of hydrogen-bond donors (Lipinski definition) is 2. The molecule has 2 rings (SSSR count). The number of aromatic amines is 1. The third kappa shape index (κ3) is 6.02. The van der Waals surface area contributed by atoms with E-state index in [9.17, 15) is 9.59 Å². The smallest absolute Gasteiger partial charge is 0.251 e. The van der Waals surface area contributed by atoms with Crippen LogP contribution in [0.25, 0.3) is 0 Å². The van der Waals surface area contributed by atoms with Crippen molar-refractivity contribution in [1.29, 1.82) is 0 Å². The number of carbonyl (C=O) groups is 1. The van der Waals surface area contributed by atoms with Crippen LogP contribution in [0.15, 0.2) is 28.2 Å². The van der Waals surface area contributed by atoms with Gasteiger partial charge in [0.1, 0.15) is 0 Å². The molecule has 0 unspecified atom stereocenters. The Kier molecular flexibility index (Phi) is 7.45. The molecule has 0 atom stereocenters. The molecule has 0 spiro atoms. The van der Waals surface area contributed by atoms with Gasteiger partial charge >= 0.3 is 0 Å². The molecule has 0 aliphatic rings. The molecule has 0 saturated carbocycles. The molecule has 1 heterocycles. The normalized spacial score (nSPS) is 10.8. The molecule has 2 aromatic rings. The maximum Gasteiger partial charge on any atom is 0.251 e. The predicted molar refractivity (Wildman–Crippen MR) is 108 cm³/mol. The highest BCUT2D eigenvalue weighted by atomic mass is 32.2. The van der Waals surface area contributed by atoms with E-state index in [0.717, 1.165) is 47.5 Å². The third-order valence-corrected chi connectivity index (χ3v) is 4.97. The fourth-order valence-electron chi connectivity index (χ4n) is 2.92.